The number of nitrogens with zero attached hydrogens (tertiary/aromatic N) is 1. The predicted molar refractivity (Wildman–Crippen MR) is 56.1 cm³/mol. The lowest BCUT2D eigenvalue weighted by molar-refractivity contribution is -0.128. The van der Waals surface area contributed by atoms with Crippen LogP contribution in [0.2, 0.25) is 0 Å². The summed E-state index contributed by atoms with van der Waals surface area (Å²) in [6.07, 6.45) is 5.45. The molecular formula is C12H19NO2. The Balaban J connectivity index is 1.59. The van der Waals surface area contributed by atoms with Gasteiger partial charge in [0.2, 0.25) is 5.91 Å². The van der Waals surface area contributed by atoms with Gasteiger partial charge in [-0.1, -0.05) is 6.42 Å². The molecule has 1 saturated heterocycles. The fraction of sp³-hybridized carbons (Fsp3) is 0.917. The molecule has 2 saturated carbocycles. The molecule has 2 aliphatic carbocycles. The van der Waals surface area contributed by atoms with Gasteiger partial charge >= 0.3 is 0 Å². The Bertz CT molecular complexity index is 279. The summed E-state index contributed by atoms with van der Waals surface area (Å²) in [7, 11) is 0. The van der Waals surface area contributed by atoms with E-state index in [-0.39, 0.29) is 5.91 Å². The molecule has 3 nitrogen and oxygen atoms in total. The summed E-state index contributed by atoms with van der Waals surface area (Å²) < 4.78 is 0. The van der Waals surface area contributed by atoms with Crippen molar-refractivity contribution in [2.24, 2.45) is 17.8 Å². The lowest BCUT2D eigenvalue weighted by Crippen LogP contribution is -2.33. The molecule has 4 unspecified atom stereocenters. The van der Waals surface area contributed by atoms with Crippen LogP contribution in [0, 0.1) is 17.8 Å². The van der Waals surface area contributed by atoms with Gasteiger partial charge in [-0.25, -0.2) is 0 Å². The quantitative estimate of drug-likeness (QED) is 0.737. The highest BCUT2D eigenvalue weighted by Gasteiger charge is 2.41. The third kappa shape index (κ3) is 1.67. The molecular weight excluding hydrogens is 190 g/mol. The largest absolute Gasteiger partial charge is 0.391 e. The second-order valence-corrected chi connectivity index (χ2v) is 5.59. The molecule has 84 valence electrons. The van der Waals surface area contributed by atoms with Crippen molar-refractivity contribution in [2.45, 2.75) is 38.2 Å². The van der Waals surface area contributed by atoms with Crippen molar-refractivity contribution in [2.75, 3.05) is 13.1 Å². The van der Waals surface area contributed by atoms with Gasteiger partial charge in [-0.05, 0) is 37.0 Å². The second-order valence-electron chi connectivity index (χ2n) is 5.59. The van der Waals surface area contributed by atoms with Crippen LogP contribution >= 0.6 is 0 Å². The van der Waals surface area contributed by atoms with Crippen molar-refractivity contribution in [3.8, 4) is 0 Å². The minimum absolute atomic E-state index is 0.158. The van der Waals surface area contributed by atoms with Crippen LogP contribution < -0.4 is 0 Å². The van der Waals surface area contributed by atoms with E-state index in [9.17, 15) is 9.90 Å². The van der Waals surface area contributed by atoms with E-state index < -0.39 is 6.10 Å². The minimum atomic E-state index is -0.406. The highest BCUT2D eigenvalue weighted by Crippen LogP contribution is 2.48. The first kappa shape index (κ1) is 9.64. The zero-order valence-electron chi connectivity index (χ0n) is 9.06. The average Bonchev–Trinajstić information content (AvgIpc) is 2.83. The fourth-order valence-electron chi connectivity index (χ4n) is 3.81. The van der Waals surface area contributed by atoms with Gasteiger partial charge in [0.25, 0.3) is 0 Å². The molecule has 1 N–H and O–H groups in total. The molecule has 1 amide bonds. The zero-order chi connectivity index (χ0) is 10.4. The van der Waals surface area contributed by atoms with Gasteiger partial charge in [0.15, 0.2) is 0 Å². The molecule has 15 heavy (non-hydrogen) atoms. The van der Waals surface area contributed by atoms with Gasteiger partial charge in [0, 0.05) is 13.1 Å². The van der Waals surface area contributed by atoms with E-state index in [0.29, 0.717) is 13.0 Å². The minimum Gasteiger partial charge on any atom is -0.391 e. The standard InChI is InChI=1S/C12H19NO2/c14-11-5-12(15)13(7-11)6-10-4-8-1-2-9(10)3-8/h8-11,14H,1-7H2. The number of carbonyl (C=O) groups is 1. The Morgan fingerprint density at radius 2 is 2.20 bits per heavy atom. The van der Waals surface area contributed by atoms with Crippen LogP contribution in [0.25, 0.3) is 0 Å². The van der Waals surface area contributed by atoms with Crippen LogP contribution in [0.1, 0.15) is 32.1 Å². The first-order valence-electron chi connectivity index (χ1n) is 6.18. The van der Waals surface area contributed by atoms with E-state index in [2.05, 4.69) is 0 Å². The number of aliphatic hydroxyl groups excluding tert-OH is 1. The highest BCUT2D eigenvalue weighted by atomic mass is 16.3. The summed E-state index contributed by atoms with van der Waals surface area (Å²) in [4.78, 5) is 13.4. The molecule has 3 rings (SSSR count). The van der Waals surface area contributed by atoms with E-state index in [4.69, 9.17) is 0 Å². The third-order valence-corrected chi connectivity index (χ3v) is 4.53. The lowest BCUT2D eigenvalue weighted by Gasteiger charge is -2.26. The van der Waals surface area contributed by atoms with Gasteiger partial charge in [-0.2, -0.15) is 0 Å². The number of hydrogen-bond donors (Lipinski definition) is 1. The van der Waals surface area contributed by atoms with Crippen LogP contribution in [-0.4, -0.2) is 35.1 Å². The van der Waals surface area contributed by atoms with Crippen LogP contribution in [0.5, 0.6) is 0 Å². The number of rotatable bonds is 2. The van der Waals surface area contributed by atoms with Crippen molar-refractivity contribution in [1.82, 2.24) is 4.90 Å². The average molecular weight is 209 g/mol. The van der Waals surface area contributed by atoms with Crippen LogP contribution in [-0.2, 0) is 4.79 Å². The molecule has 0 spiro atoms. The number of aliphatic hydroxyl groups is 1. The Hall–Kier alpha value is -0.570. The maximum absolute atomic E-state index is 11.5. The summed E-state index contributed by atoms with van der Waals surface area (Å²) in [6, 6.07) is 0. The van der Waals surface area contributed by atoms with Crippen molar-refractivity contribution in [1.29, 1.82) is 0 Å². The molecule has 3 heteroatoms. The third-order valence-electron chi connectivity index (χ3n) is 4.53. The molecule has 0 aromatic heterocycles. The first-order chi connectivity index (χ1) is 7.22. The summed E-state index contributed by atoms with van der Waals surface area (Å²) >= 11 is 0. The van der Waals surface area contributed by atoms with Crippen molar-refractivity contribution in [3.05, 3.63) is 0 Å². The SMILES string of the molecule is O=C1CC(O)CN1CC1CC2CCC1C2. The topological polar surface area (TPSA) is 40.5 Å². The molecule has 0 aromatic rings. The van der Waals surface area contributed by atoms with Gasteiger partial charge in [-0.3, -0.25) is 4.79 Å². The zero-order valence-corrected chi connectivity index (χ0v) is 9.06. The molecule has 0 aromatic carbocycles. The number of likely N-dealkylation sites (tertiary alicyclic amines) is 1. The number of fused-ring (bicyclic) bond motifs is 2. The van der Waals surface area contributed by atoms with E-state index in [0.717, 1.165) is 24.3 Å². The van der Waals surface area contributed by atoms with Gasteiger partial charge < -0.3 is 10.0 Å². The van der Waals surface area contributed by atoms with E-state index in [1.54, 1.807) is 0 Å². The number of hydrogen-bond acceptors (Lipinski definition) is 2. The summed E-state index contributed by atoms with van der Waals surface area (Å²) in [5.74, 6) is 2.71. The maximum Gasteiger partial charge on any atom is 0.225 e. The predicted octanol–water partition coefficient (Wildman–Crippen LogP) is 1.02. The molecule has 1 aliphatic heterocycles. The Morgan fingerprint density at radius 1 is 1.33 bits per heavy atom. The Labute approximate surface area is 90.5 Å². The Morgan fingerprint density at radius 3 is 2.73 bits per heavy atom. The van der Waals surface area contributed by atoms with Gasteiger partial charge in [0.1, 0.15) is 0 Å². The highest BCUT2D eigenvalue weighted by molar-refractivity contribution is 5.79. The van der Waals surface area contributed by atoms with Gasteiger partial charge in [0.05, 0.1) is 12.5 Å². The molecule has 0 radical (unpaired) electrons. The molecule has 4 atom stereocenters. The van der Waals surface area contributed by atoms with Crippen LogP contribution in [0.15, 0.2) is 0 Å². The van der Waals surface area contributed by atoms with E-state index >= 15 is 0 Å². The number of carbonyl (C=O) groups excluding carboxylic acids is 1. The first-order valence-corrected chi connectivity index (χ1v) is 6.18. The van der Waals surface area contributed by atoms with Crippen LogP contribution in [0.3, 0.4) is 0 Å². The molecule has 3 aliphatic rings. The molecule has 2 bridgehead atoms. The monoisotopic (exact) mass is 209 g/mol. The summed E-state index contributed by atoms with van der Waals surface area (Å²) in [6.45, 7) is 1.49. The summed E-state index contributed by atoms with van der Waals surface area (Å²) in [5.41, 5.74) is 0. The van der Waals surface area contributed by atoms with Crippen molar-refractivity contribution < 1.29 is 9.90 Å². The normalized spacial score (nSPS) is 44.3. The van der Waals surface area contributed by atoms with Crippen molar-refractivity contribution >= 4 is 5.91 Å². The van der Waals surface area contributed by atoms with E-state index in [1.807, 2.05) is 4.90 Å². The van der Waals surface area contributed by atoms with Crippen LogP contribution in [0.4, 0.5) is 0 Å². The lowest BCUT2D eigenvalue weighted by atomic mass is 9.88. The fourth-order valence-corrected chi connectivity index (χ4v) is 3.81. The van der Waals surface area contributed by atoms with Crippen molar-refractivity contribution in [3.63, 3.8) is 0 Å². The second kappa shape index (κ2) is 3.48. The van der Waals surface area contributed by atoms with E-state index in [1.165, 1.54) is 25.7 Å². The molecule has 1 heterocycles. The van der Waals surface area contributed by atoms with Gasteiger partial charge in [-0.15, -0.1) is 0 Å². The smallest absolute Gasteiger partial charge is 0.225 e. The number of β-amino-alcohol motifs (C(OH)–C–C–N with tert-alkyl or cyclic N) is 1. The summed E-state index contributed by atoms with van der Waals surface area (Å²) in [5, 5.41) is 9.41. The molecule has 3 fully saturated rings. The number of amides is 1. The Kier molecular flexibility index (Phi) is 2.23. The maximum atomic E-state index is 11.5.